The number of aromatic hydroxyl groups is 1. The first-order chi connectivity index (χ1) is 13.0. The molecule has 0 saturated heterocycles. The van der Waals surface area contributed by atoms with Crippen molar-refractivity contribution in [2.24, 2.45) is 0 Å². The fourth-order valence-electron chi connectivity index (χ4n) is 2.02. The van der Waals surface area contributed by atoms with Gasteiger partial charge in [-0.2, -0.15) is 0 Å². The van der Waals surface area contributed by atoms with Crippen molar-refractivity contribution in [3.63, 3.8) is 0 Å². The van der Waals surface area contributed by atoms with Crippen molar-refractivity contribution >= 4 is 23.9 Å². The lowest BCUT2D eigenvalue weighted by Gasteiger charge is -2.19. The summed E-state index contributed by atoms with van der Waals surface area (Å²) >= 11 is 0. The summed E-state index contributed by atoms with van der Waals surface area (Å²) < 4.78 is 4.97. The van der Waals surface area contributed by atoms with Crippen molar-refractivity contribution in [3.05, 3.63) is 29.8 Å². The number of carbonyl (C=O) groups is 4. The zero-order valence-corrected chi connectivity index (χ0v) is 15.9. The number of hydrogen-bond acceptors (Lipinski definition) is 6. The highest BCUT2D eigenvalue weighted by Crippen LogP contribution is 2.11. The fraction of sp³-hybridized carbons (Fsp3) is 0.444. The number of nitrogens with one attached hydrogen (secondary N) is 3. The highest BCUT2D eigenvalue weighted by molar-refractivity contribution is 5.89. The number of hydrogen-bond donors (Lipinski definition) is 5. The van der Waals surface area contributed by atoms with E-state index in [-0.39, 0.29) is 12.2 Å². The van der Waals surface area contributed by atoms with E-state index < -0.39 is 48.6 Å². The minimum atomic E-state index is -1.24. The molecule has 0 unspecified atom stereocenters. The van der Waals surface area contributed by atoms with Gasteiger partial charge < -0.3 is 30.9 Å². The van der Waals surface area contributed by atoms with Crippen molar-refractivity contribution in [1.29, 1.82) is 0 Å². The third-order valence-electron chi connectivity index (χ3n) is 3.25. The van der Waals surface area contributed by atoms with Crippen LogP contribution in [-0.4, -0.2) is 58.8 Å². The lowest BCUT2D eigenvalue weighted by molar-refractivity contribution is -0.141. The Balaban J connectivity index is 2.41. The van der Waals surface area contributed by atoms with Gasteiger partial charge in [0.15, 0.2) is 0 Å². The number of ether oxygens (including phenoxy) is 1. The van der Waals surface area contributed by atoms with Crippen molar-refractivity contribution in [2.75, 3.05) is 13.1 Å². The molecular formula is C18H25N3O7. The molecule has 0 radical (unpaired) electrons. The van der Waals surface area contributed by atoms with Gasteiger partial charge in [-0.3, -0.25) is 9.59 Å². The lowest BCUT2D eigenvalue weighted by atomic mass is 10.1. The fourth-order valence-corrected chi connectivity index (χ4v) is 2.02. The minimum Gasteiger partial charge on any atom is -0.508 e. The molecule has 1 atom stereocenters. The molecule has 5 N–H and O–H groups in total. The molecule has 10 heteroatoms. The standard InChI is InChI=1S/C18H25N3O7/c1-18(2,3)28-17(27)20-9-14(23)19-10-15(24)21-13(16(25)26)8-11-4-6-12(22)7-5-11/h4-7,13,22H,8-10H2,1-3H3,(H,19,23)(H,20,27)(H,21,24)(H,25,26)/t13-/m0/s1. The summed E-state index contributed by atoms with van der Waals surface area (Å²) in [5, 5.41) is 25.3. The van der Waals surface area contributed by atoms with Gasteiger partial charge in [0.2, 0.25) is 11.8 Å². The first kappa shape index (κ1) is 22.7. The van der Waals surface area contributed by atoms with Gasteiger partial charge in [-0.1, -0.05) is 12.1 Å². The molecule has 1 aromatic rings. The number of rotatable bonds is 8. The SMILES string of the molecule is CC(C)(C)OC(=O)NCC(=O)NCC(=O)N[C@@H](Cc1ccc(O)cc1)C(=O)O. The summed E-state index contributed by atoms with van der Waals surface area (Å²) in [5.74, 6) is -2.52. The molecule has 10 nitrogen and oxygen atoms in total. The van der Waals surface area contributed by atoms with E-state index in [1.54, 1.807) is 32.9 Å². The molecule has 0 aromatic heterocycles. The molecule has 28 heavy (non-hydrogen) atoms. The zero-order chi connectivity index (χ0) is 21.3. The minimum absolute atomic E-state index is 0.00942. The molecule has 0 heterocycles. The van der Waals surface area contributed by atoms with E-state index in [0.29, 0.717) is 5.56 Å². The third-order valence-corrected chi connectivity index (χ3v) is 3.25. The van der Waals surface area contributed by atoms with Crippen molar-refractivity contribution in [1.82, 2.24) is 16.0 Å². The number of carboxylic acids is 1. The summed E-state index contributed by atoms with van der Waals surface area (Å²) in [6, 6.07) is 4.71. The van der Waals surface area contributed by atoms with E-state index in [2.05, 4.69) is 16.0 Å². The van der Waals surface area contributed by atoms with Gasteiger partial charge in [0.05, 0.1) is 6.54 Å². The van der Waals surface area contributed by atoms with E-state index in [0.717, 1.165) is 0 Å². The maximum absolute atomic E-state index is 11.9. The monoisotopic (exact) mass is 395 g/mol. The number of amides is 3. The maximum atomic E-state index is 11.9. The van der Waals surface area contributed by atoms with Crippen LogP contribution in [0, 0.1) is 0 Å². The quantitative estimate of drug-likeness (QED) is 0.419. The molecule has 0 aliphatic rings. The van der Waals surface area contributed by atoms with E-state index in [1.807, 2.05) is 0 Å². The normalized spacial score (nSPS) is 11.8. The Morgan fingerprint density at radius 2 is 1.57 bits per heavy atom. The molecule has 0 spiro atoms. The number of carboxylic acid groups (broad SMARTS) is 1. The Morgan fingerprint density at radius 3 is 2.11 bits per heavy atom. The molecule has 0 saturated carbocycles. The van der Waals surface area contributed by atoms with Crippen LogP contribution in [-0.2, 0) is 25.5 Å². The molecule has 3 amide bonds. The summed E-state index contributed by atoms with van der Waals surface area (Å²) in [6.45, 7) is 4.18. The van der Waals surface area contributed by atoms with Crippen LogP contribution in [0.5, 0.6) is 5.75 Å². The molecule has 0 aliphatic heterocycles. The third kappa shape index (κ3) is 9.41. The highest BCUT2D eigenvalue weighted by atomic mass is 16.6. The number of phenols is 1. The second kappa shape index (κ2) is 10.1. The Labute approximate surface area is 162 Å². The average molecular weight is 395 g/mol. The molecule has 1 aromatic carbocycles. The van der Waals surface area contributed by atoms with Gasteiger partial charge in [0.25, 0.3) is 0 Å². The van der Waals surface area contributed by atoms with Gasteiger partial charge in [-0.25, -0.2) is 9.59 Å². The maximum Gasteiger partial charge on any atom is 0.408 e. The van der Waals surface area contributed by atoms with Crippen molar-refractivity contribution in [3.8, 4) is 5.75 Å². The van der Waals surface area contributed by atoms with Gasteiger partial charge >= 0.3 is 12.1 Å². The predicted molar refractivity (Wildman–Crippen MR) is 98.6 cm³/mol. The number of carbonyl (C=O) groups excluding carboxylic acids is 3. The second-order valence-corrected chi connectivity index (χ2v) is 6.96. The van der Waals surface area contributed by atoms with Gasteiger partial charge in [0.1, 0.15) is 23.9 Å². The first-order valence-corrected chi connectivity index (χ1v) is 8.50. The predicted octanol–water partition coefficient (Wildman–Crippen LogP) is 0.145. The van der Waals surface area contributed by atoms with E-state index in [4.69, 9.17) is 4.74 Å². The molecule has 0 aliphatic carbocycles. The topological polar surface area (TPSA) is 154 Å². The summed E-state index contributed by atoms with van der Waals surface area (Å²) in [5.41, 5.74) is -0.0971. The first-order valence-electron chi connectivity index (χ1n) is 8.50. The summed E-state index contributed by atoms with van der Waals surface area (Å²) in [7, 11) is 0. The van der Waals surface area contributed by atoms with Gasteiger partial charge in [0, 0.05) is 6.42 Å². The Hall–Kier alpha value is -3.30. The van der Waals surface area contributed by atoms with Crippen LogP contribution in [0.25, 0.3) is 0 Å². The number of alkyl carbamates (subject to hydrolysis) is 1. The molecule has 1 rings (SSSR count). The summed E-state index contributed by atoms with van der Waals surface area (Å²) in [4.78, 5) is 46.3. The number of benzene rings is 1. The van der Waals surface area contributed by atoms with Crippen LogP contribution < -0.4 is 16.0 Å². The smallest absolute Gasteiger partial charge is 0.408 e. The van der Waals surface area contributed by atoms with Crippen LogP contribution in [0.2, 0.25) is 0 Å². The Bertz CT molecular complexity index is 711. The van der Waals surface area contributed by atoms with Crippen LogP contribution in [0.1, 0.15) is 26.3 Å². The van der Waals surface area contributed by atoms with Crippen molar-refractivity contribution in [2.45, 2.75) is 38.8 Å². The Morgan fingerprint density at radius 1 is 1.00 bits per heavy atom. The largest absolute Gasteiger partial charge is 0.508 e. The van der Waals surface area contributed by atoms with Gasteiger partial charge in [-0.15, -0.1) is 0 Å². The number of aliphatic carboxylic acids is 1. The second-order valence-electron chi connectivity index (χ2n) is 6.96. The van der Waals surface area contributed by atoms with E-state index in [9.17, 15) is 29.4 Å². The van der Waals surface area contributed by atoms with Crippen LogP contribution in [0.3, 0.4) is 0 Å². The van der Waals surface area contributed by atoms with Gasteiger partial charge in [-0.05, 0) is 38.5 Å². The molecular weight excluding hydrogens is 370 g/mol. The lowest BCUT2D eigenvalue weighted by Crippen LogP contribution is -2.48. The average Bonchev–Trinajstić information content (AvgIpc) is 2.58. The van der Waals surface area contributed by atoms with Crippen LogP contribution in [0.15, 0.2) is 24.3 Å². The molecule has 0 bridgehead atoms. The Kier molecular flexibility index (Phi) is 8.24. The van der Waals surface area contributed by atoms with Crippen LogP contribution in [0.4, 0.5) is 4.79 Å². The van der Waals surface area contributed by atoms with Crippen LogP contribution >= 0.6 is 0 Å². The van der Waals surface area contributed by atoms with Crippen molar-refractivity contribution < 1.29 is 34.1 Å². The number of phenolic OH excluding ortho intramolecular Hbond substituents is 1. The summed E-state index contributed by atoms with van der Waals surface area (Å²) in [6.07, 6.45) is -0.762. The molecule has 0 fully saturated rings. The highest BCUT2D eigenvalue weighted by Gasteiger charge is 2.21. The zero-order valence-electron chi connectivity index (χ0n) is 15.9. The van der Waals surface area contributed by atoms with E-state index >= 15 is 0 Å². The van der Waals surface area contributed by atoms with E-state index in [1.165, 1.54) is 12.1 Å². The molecule has 154 valence electrons.